The molecule has 1 aliphatic rings. The van der Waals surface area contributed by atoms with Crippen molar-refractivity contribution in [2.45, 2.75) is 19.9 Å². The van der Waals surface area contributed by atoms with Crippen molar-refractivity contribution in [2.75, 3.05) is 13.1 Å². The molecule has 0 saturated heterocycles. The van der Waals surface area contributed by atoms with Gasteiger partial charge in [0.05, 0.1) is 0 Å². The zero-order valence-corrected chi connectivity index (χ0v) is 12.6. The highest BCUT2D eigenvalue weighted by atomic mass is 16.4. The summed E-state index contributed by atoms with van der Waals surface area (Å²) >= 11 is 0. The fourth-order valence-electron chi connectivity index (χ4n) is 2.43. The van der Waals surface area contributed by atoms with Crippen molar-refractivity contribution in [2.24, 2.45) is 0 Å². The van der Waals surface area contributed by atoms with Crippen molar-refractivity contribution in [3.05, 3.63) is 42.0 Å². The summed E-state index contributed by atoms with van der Waals surface area (Å²) in [4.78, 5) is 38.1. The number of nitrogens with zero attached hydrogens (tertiary/aromatic N) is 2. The van der Waals surface area contributed by atoms with Crippen LogP contribution in [-0.2, 0) is 9.59 Å². The van der Waals surface area contributed by atoms with E-state index in [2.05, 4.69) is 6.58 Å². The van der Waals surface area contributed by atoms with E-state index in [1.165, 1.54) is 9.80 Å². The van der Waals surface area contributed by atoms with E-state index in [-0.39, 0.29) is 18.5 Å². The van der Waals surface area contributed by atoms with E-state index in [0.29, 0.717) is 16.8 Å². The molecule has 1 aliphatic heterocycles. The van der Waals surface area contributed by atoms with Crippen LogP contribution in [0.5, 0.6) is 0 Å². The summed E-state index contributed by atoms with van der Waals surface area (Å²) in [5.74, 6) is -1.79. The zero-order chi connectivity index (χ0) is 16.4. The van der Waals surface area contributed by atoms with E-state index < -0.39 is 18.4 Å². The molecule has 1 aromatic rings. The van der Waals surface area contributed by atoms with E-state index in [0.717, 1.165) is 0 Å². The van der Waals surface area contributed by atoms with Crippen molar-refractivity contribution in [3.8, 4) is 0 Å². The lowest BCUT2D eigenvalue weighted by atomic mass is 10.1. The average molecular weight is 302 g/mol. The Morgan fingerprint density at radius 2 is 1.86 bits per heavy atom. The van der Waals surface area contributed by atoms with E-state index in [1.807, 2.05) is 0 Å². The first kappa shape index (κ1) is 15.8. The zero-order valence-electron chi connectivity index (χ0n) is 12.6. The highest BCUT2D eigenvalue weighted by molar-refractivity contribution is 6.10. The van der Waals surface area contributed by atoms with Gasteiger partial charge in [-0.1, -0.05) is 24.8 Å². The lowest BCUT2D eigenvalue weighted by Crippen LogP contribution is -2.45. The van der Waals surface area contributed by atoms with Gasteiger partial charge in [0.25, 0.3) is 5.91 Å². The van der Waals surface area contributed by atoms with Gasteiger partial charge in [-0.05, 0) is 19.9 Å². The first-order valence-corrected chi connectivity index (χ1v) is 6.94. The van der Waals surface area contributed by atoms with Gasteiger partial charge in [0, 0.05) is 22.9 Å². The maximum atomic E-state index is 12.3. The number of fused-ring (bicyclic) bond motifs is 1. The van der Waals surface area contributed by atoms with Crippen LogP contribution in [0.15, 0.2) is 30.8 Å². The van der Waals surface area contributed by atoms with Gasteiger partial charge in [0.1, 0.15) is 13.1 Å². The summed E-state index contributed by atoms with van der Waals surface area (Å²) in [6.45, 7) is 6.73. The van der Waals surface area contributed by atoms with Gasteiger partial charge in [0.15, 0.2) is 0 Å². The van der Waals surface area contributed by atoms with Crippen LogP contribution in [0.3, 0.4) is 0 Å². The Hall–Kier alpha value is -2.63. The van der Waals surface area contributed by atoms with Gasteiger partial charge in [-0.15, -0.1) is 0 Å². The lowest BCUT2D eigenvalue weighted by molar-refractivity contribution is -0.145. The number of hydrogen-bond donors (Lipinski definition) is 1. The minimum absolute atomic E-state index is 0.211. The summed E-state index contributed by atoms with van der Waals surface area (Å²) < 4.78 is 0. The molecule has 0 aromatic heterocycles. The maximum Gasteiger partial charge on any atom is 0.323 e. The molecule has 1 heterocycles. The first-order chi connectivity index (χ1) is 10.3. The molecule has 0 fully saturated rings. The van der Waals surface area contributed by atoms with Crippen molar-refractivity contribution in [1.29, 1.82) is 0 Å². The second-order valence-electron chi connectivity index (χ2n) is 5.39. The molecular formula is C16H18N2O4. The third-order valence-electron chi connectivity index (χ3n) is 3.58. The van der Waals surface area contributed by atoms with Crippen molar-refractivity contribution >= 4 is 23.5 Å². The molecule has 0 bridgehead atoms. The molecule has 1 aromatic carbocycles. The van der Waals surface area contributed by atoms with Gasteiger partial charge in [0.2, 0.25) is 5.91 Å². The monoisotopic (exact) mass is 302 g/mol. The number of aliphatic carboxylic acids is 1. The van der Waals surface area contributed by atoms with E-state index in [1.54, 1.807) is 38.1 Å². The number of benzene rings is 1. The van der Waals surface area contributed by atoms with E-state index in [4.69, 9.17) is 5.11 Å². The molecule has 0 saturated carbocycles. The van der Waals surface area contributed by atoms with Crippen LogP contribution in [0.1, 0.15) is 29.8 Å². The SMILES string of the molecule is C=C1c2ccccc2C(=O)N1CC(=O)N(CC(=O)O)C(C)C. The number of carbonyl (C=O) groups excluding carboxylic acids is 2. The molecule has 2 amide bonds. The average Bonchev–Trinajstić information content (AvgIpc) is 2.70. The summed E-state index contributed by atoms with van der Waals surface area (Å²) in [5, 5.41) is 8.90. The number of rotatable bonds is 5. The predicted molar refractivity (Wildman–Crippen MR) is 81.0 cm³/mol. The Morgan fingerprint density at radius 3 is 2.36 bits per heavy atom. The van der Waals surface area contributed by atoms with Crippen LogP contribution in [0.4, 0.5) is 0 Å². The van der Waals surface area contributed by atoms with E-state index in [9.17, 15) is 14.4 Å². The second kappa shape index (κ2) is 6.01. The Kier molecular flexibility index (Phi) is 4.30. The Labute approximate surface area is 128 Å². The minimum Gasteiger partial charge on any atom is -0.480 e. The lowest BCUT2D eigenvalue weighted by Gasteiger charge is -2.27. The summed E-state index contributed by atoms with van der Waals surface area (Å²) in [6.07, 6.45) is 0. The standard InChI is InChI=1S/C16H18N2O4/c1-10(2)17(9-15(20)21)14(19)8-18-11(3)12-6-4-5-7-13(12)16(18)22/h4-7,10H,3,8-9H2,1-2H3,(H,20,21). The van der Waals surface area contributed by atoms with Gasteiger partial charge in [-0.2, -0.15) is 0 Å². The molecule has 0 radical (unpaired) electrons. The second-order valence-corrected chi connectivity index (χ2v) is 5.39. The largest absolute Gasteiger partial charge is 0.480 e. The van der Waals surface area contributed by atoms with Crippen LogP contribution < -0.4 is 0 Å². The summed E-state index contributed by atoms with van der Waals surface area (Å²) in [5.41, 5.74) is 1.68. The Bertz CT molecular complexity index is 616. The minimum atomic E-state index is -1.09. The van der Waals surface area contributed by atoms with Crippen LogP contribution in [0.25, 0.3) is 5.70 Å². The maximum absolute atomic E-state index is 12.3. The highest BCUT2D eigenvalue weighted by Crippen LogP contribution is 2.30. The molecule has 2 rings (SSSR count). The number of carbonyl (C=O) groups is 3. The molecule has 22 heavy (non-hydrogen) atoms. The smallest absolute Gasteiger partial charge is 0.323 e. The fourth-order valence-corrected chi connectivity index (χ4v) is 2.43. The number of carboxylic acid groups (broad SMARTS) is 1. The topological polar surface area (TPSA) is 77.9 Å². The molecule has 6 nitrogen and oxygen atoms in total. The molecule has 0 spiro atoms. The van der Waals surface area contributed by atoms with Crippen molar-refractivity contribution in [1.82, 2.24) is 9.80 Å². The number of amides is 2. The molecule has 1 N–H and O–H groups in total. The number of carboxylic acids is 1. The summed E-state index contributed by atoms with van der Waals surface area (Å²) in [7, 11) is 0. The van der Waals surface area contributed by atoms with Gasteiger partial charge < -0.3 is 10.0 Å². The van der Waals surface area contributed by atoms with Gasteiger partial charge in [-0.3, -0.25) is 19.3 Å². The Morgan fingerprint density at radius 1 is 1.27 bits per heavy atom. The normalized spacial score (nSPS) is 13.5. The predicted octanol–water partition coefficient (Wildman–Crippen LogP) is 1.43. The quantitative estimate of drug-likeness (QED) is 0.892. The third-order valence-corrected chi connectivity index (χ3v) is 3.58. The number of hydrogen-bond acceptors (Lipinski definition) is 3. The molecular weight excluding hydrogens is 284 g/mol. The molecule has 116 valence electrons. The van der Waals surface area contributed by atoms with Crippen molar-refractivity contribution < 1.29 is 19.5 Å². The third kappa shape index (κ3) is 2.86. The van der Waals surface area contributed by atoms with Crippen LogP contribution in [0.2, 0.25) is 0 Å². The Balaban J connectivity index is 2.17. The van der Waals surface area contributed by atoms with Gasteiger partial charge >= 0.3 is 5.97 Å². The molecule has 0 aliphatic carbocycles. The van der Waals surface area contributed by atoms with Crippen molar-refractivity contribution in [3.63, 3.8) is 0 Å². The summed E-state index contributed by atoms with van der Waals surface area (Å²) in [6, 6.07) is 6.74. The first-order valence-electron chi connectivity index (χ1n) is 6.94. The van der Waals surface area contributed by atoms with Crippen LogP contribution in [-0.4, -0.2) is 51.8 Å². The van der Waals surface area contributed by atoms with Crippen LogP contribution in [0, 0.1) is 0 Å². The molecule has 0 atom stereocenters. The highest BCUT2D eigenvalue weighted by Gasteiger charge is 2.33. The molecule has 0 unspecified atom stereocenters. The molecule has 6 heteroatoms. The van der Waals surface area contributed by atoms with Gasteiger partial charge in [-0.25, -0.2) is 0 Å². The van der Waals surface area contributed by atoms with Crippen LogP contribution >= 0.6 is 0 Å². The fraction of sp³-hybridized carbons (Fsp3) is 0.312. The van der Waals surface area contributed by atoms with E-state index >= 15 is 0 Å².